The smallest absolute Gasteiger partial charge is 0.292 e. The molecule has 4 aromatic rings. The zero-order chi connectivity index (χ0) is 18.8. The molecule has 9 heteroatoms. The predicted molar refractivity (Wildman–Crippen MR) is 102 cm³/mol. The highest BCUT2D eigenvalue weighted by Crippen LogP contribution is 2.32. The van der Waals surface area contributed by atoms with Crippen molar-refractivity contribution in [2.45, 2.75) is 5.03 Å². The third-order valence-corrected chi connectivity index (χ3v) is 4.81. The number of carbonyl (C=O) groups excluding carboxylic acids is 1. The molecule has 0 radical (unpaired) electrons. The predicted octanol–water partition coefficient (Wildman–Crippen LogP) is 4.02. The van der Waals surface area contributed by atoms with Gasteiger partial charge in [0.15, 0.2) is 5.58 Å². The third kappa shape index (κ3) is 3.32. The maximum absolute atomic E-state index is 12.2. The van der Waals surface area contributed by atoms with E-state index in [1.165, 1.54) is 30.2 Å². The molecule has 1 amide bonds. The van der Waals surface area contributed by atoms with Crippen molar-refractivity contribution in [1.29, 1.82) is 0 Å². The molecular weight excluding hydrogens is 368 g/mol. The fourth-order valence-electron chi connectivity index (χ4n) is 2.66. The first-order chi connectivity index (χ1) is 13.1. The number of amides is 1. The molecule has 0 fully saturated rings. The van der Waals surface area contributed by atoms with Crippen LogP contribution in [0.2, 0.25) is 0 Å². The normalized spacial score (nSPS) is 11.0. The SMILES string of the molecule is O=C(CSc1ncnc2c1oc1ccccc12)Nc1ccccc1[N+](=O)[O-]. The number of rotatable bonds is 5. The number of thioether (sulfide) groups is 1. The summed E-state index contributed by atoms with van der Waals surface area (Å²) < 4.78 is 5.82. The summed E-state index contributed by atoms with van der Waals surface area (Å²) in [6, 6.07) is 13.5. The number of anilines is 1. The highest BCUT2D eigenvalue weighted by atomic mass is 32.2. The summed E-state index contributed by atoms with van der Waals surface area (Å²) in [6.45, 7) is 0. The number of hydrogen-bond acceptors (Lipinski definition) is 7. The quantitative estimate of drug-likeness (QED) is 0.241. The number of furan rings is 1. The number of fused-ring (bicyclic) bond motifs is 3. The molecule has 0 aliphatic heterocycles. The minimum absolute atomic E-state index is 0.0230. The van der Waals surface area contributed by atoms with Crippen LogP contribution in [-0.2, 0) is 4.79 Å². The molecule has 0 atom stereocenters. The number of hydrogen-bond donors (Lipinski definition) is 1. The van der Waals surface area contributed by atoms with Crippen molar-refractivity contribution in [2.75, 3.05) is 11.1 Å². The van der Waals surface area contributed by atoms with Gasteiger partial charge >= 0.3 is 0 Å². The Kier molecular flexibility index (Phi) is 4.43. The summed E-state index contributed by atoms with van der Waals surface area (Å²) in [5, 5.41) is 15.0. The Morgan fingerprint density at radius 1 is 1.15 bits per heavy atom. The molecule has 0 aliphatic rings. The number of carbonyl (C=O) groups is 1. The molecule has 27 heavy (non-hydrogen) atoms. The van der Waals surface area contributed by atoms with Crippen molar-refractivity contribution in [1.82, 2.24) is 9.97 Å². The summed E-state index contributed by atoms with van der Waals surface area (Å²) in [5.41, 5.74) is 1.89. The molecule has 0 unspecified atom stereocenters. The van der Waals surface area contributed by atoms with Crippen LogP contribution in [0.4, 0.5) is 11.4 Å². The summed E-state index contributed by atoms with van der Waals surface area (Å²) in [5.74, 6) is -0.355. The van der Waals surface area contributed by atoms with Crippen molar-refractivity contribution in [3.8, 4) is 0 Å². The molecule has 2 aromatic heterocycles. The Morgan fingerprint density at radius 2 is 1.93 bits per heavy atom. The second-order valence-corrected chi connectivity index (χ2v) is 6.53. The maximum atomic E-state index is 12.2. The van der Waals surface area contributed by atoms with Crippen LogP contribution in [0.15, 0.2) is 64.3 Å². The molecule has 0 saturated heterocycles. The van der Waals surface area contributed by atoms with Gasteiger partial charge in [0.25, 0.3) is 5.69 Å². The average molecular weight is 380 g/mol. The third-order valence-electron chi connectivity index (χ3n) is 3.84. The van der Waals surface area contributed by atoms with Crippen LogP contribution in [0.1, 0.15) is 0 Å². The highest BCUT2D eigenvalue weighted by molar-refractivity contribution is 8.00. The van der Waals surface area contributed by atoms with Gasteiger partial charge < -0.3 is 9.73 Å². The average Bonchev–Trinajstić information content (AvgIpc) is 3.06. The molecule has 0 bridgehead atoms. The molecule has 1 N–H and O–H groups in total. The number of aromatic nitrogens is 2. The van der Waals surface area contributed by atoms with Crippen LogP contribution in [0, 0.1) is 10.1 Å². The maximum Gasteiger partial charge on any atom is 0.292 e. The Morgan fingerprint density at radius 3 is 2.78 bits per heavy atom. The van der Waals surface area contributed by atoms with E-state index in [2.05, 4.69) is 15.3 Å². The van der Waals surface area contributed by atoms with Crippen LogP contribution in [-0.4, -0.2) is 26.6 Å². The summed E-state index contributed by atoms with van der Waals surface area (Å²) in [4.78, 5) is 31.2. The number of benzene rings is 2. The van der Waals surface area contributed by atoms with Gasteiger partial charge in [0.1, 0.15) is 28.1 Å². The number of nitrogens with one attached hydrogen (secondary N) is 1. The zero-order valence-corrected chi connectivity index (χ0v) is 14.6. The van der Waals surface area contributed by atoms with Gasteiger partial charge in [0.05, 0.1) is 10.7 Å². The van der Waals surface area contributed by atoms with Gasteiger partial charge in [-0.2, -0.15) is 0 Å². The lowest BCUT2D eigenvalue weighted by Gasteiger charge is -2.05. The highest BCUT2D eigenvalue weighted by Gasteiger charge is 2.17. The van der Waals surface area contributed by atoms with E-state index in [-0.39, 0.29) is 23.0 Å². The first kappa shape index (κ1) is 17.0. The van der Waals surface area contributed by atoms with Gasteiger partial charge in [-0.1, -0.05) is 36.0 Å². The van der Waals surface area contributed by atoms with Crippen molar-refractivity contribution in [3.05, 3.63) is 65.0 Å². The molecule has 0 aliphatic carbocycles. The summed E-state index contributed by atoms with van der Waals surface area (Å²) in [7, 11) is 0. The van der Waals surface area contributed by atoms with E-state index in [0.29, 0.717) is 21.7 Å². The van der Waals surface area contributed by atoms with Gasteiger partial charge in [-0.3, -0.25) is 14.9 Å². The number of para-hydroxylation sites is 3. The Labute approximate surface area is 156 Å². The number of nitro benzene ring substituents is 1. The molecule has 2 heterocycles. The Bertz CT molecular complexity index is 1170. The largest absolute Gasteiger partial charge is 0.451 e. The monoisotopic (exact) mass is 380 g/mol. The zero-order valence-electron chi connectivity index (χ0n) is 13.8. The Hall–Kier alpha value is -3.46. The first-order valence-corrected chi connectivity index (χ1v) is 8.90. The van der Waals surface area contributed by atoms with Crippen LogP contribution in [0.3, 0.4) is 0 Å². The van der Waals surface area contributed by atoms with Crippen LogP contribution in [0.5, 0.6) is 0 Å². The van der Waals surface area contributed by atoms with Crippen molar-refractivity contribution < 1.29 is 14.1 Å². The van der Waals surface area contributed by atoms with Crippen LogP contribution in [0.25, 0.3) is 22.1 Å². The second kappa shape index (κ2) is 7.04. The van der Waals surface area contributed by atoms with E-state index in [9.17, 15) is 14.9 Å². The second-order valence-electron chi connectivity index (χ2n) is 5.57. The van der Waals surface area contributed by atoms with E-state index >= 15 is 0 Å². The van der Waals surface area contributed by atoms with Crippen molar-refractivity contribution in [3.63, 3.8) is 0 Å². The van der Waals surface area contributed by atoms with Gasteiger partial charge in [-0.05, 0) is 18.2 Å². The topological polar surface area (TPSA) is 111 Å². The molecular formula is C18H12N4O4S. The van der Waals surface area contributed by atoms with Gasteiger partial charge in [0, 0.05) is 11.5 Å². The summed E-state index contributed by atoms with van der Waals surface area (Å²) >= 11 is 1.18. The van der Waals surface area contributed by atoms with E-state index in [1.54, 1.807) is 12.1 Å². The summed E-state index contributed by atoms with van der Waals surface area (Å²) in [6.07, 6.45) is 1.42. The van der Waals surface area contributed by atoms with E-state index in [4.69, 9.17) is 4.42 Å². The van der Waals surface area contributed by atoms with Gasteiger partial charge in [-0.25, -0.2) is 9.97 Å². The molecule has 0 saturated carbocycles. The minimum atomic E-state index is -0.537. The van der Waals surface area contributed by atoms with Crippen LogP contribution < -0.4 is 5.32 Å². The number of nitro groups is 1. The van der Waals surface area contributed by atoms with E-state index in [1.807, 2.05) is 24.3 Å². The molecule has 2 aromatic carbocycles. The lowest BCUT2D eigenvalue weighted by atomic mass is 10.2. The fourth-order valence-corrected chi connectivity index (χ4v) is 3.40. The number of nitrogens with zero attached hydrogens (tertiary/aromatic N) is 3. The Balaban J connectivity index is 1.54. The molecule has 8 nitrogen and oxygen atoms in total. The van der Waals surface area contributed by atoms with Crippen molar-refractivity contribution in [2.24, 2.45) is 0 Å². The van der Waals surface area contributed by atoms with Gasteiger partial charge in [-0.15, -0.1) is 0 Å². The van der Waals surface area contributed by atoms with E-state index < -0.39 is 4.92 Å². The fraction of sp³-hybridized carbons (Fsp3) is 0.0556. The minimum Gasteiger partial charge on any atom is -0.451 e. The molecule has 0 spiro atoms. The lowest BCUT2D eigenvalue weighted by Crippen LogP contribution is -2.15. The standard InChI is InChI=1S/C18H12N4O4S/c23-15(21-12-6-2-3-7-13(12)22(24)25)9-27-18-17-16(19-10-20-18)11-5-1-4-8-14(11)26-17/h1-8,10H,9H2,(H,21,23). The van der Waals surface area contributed by atoms with E-state index in [0.717, 1.165) is 5.39 Å². The lowest BCUT2D eigenvalue weighted by molar-refractivity contribution is -0.383. The van der Waals surface area contributed by atoms with Crippen LogP contribution >= 0.6 is 11.8 Å². The first-order valence-electron chi connectivity index (χ1n) is 7.92. The molecule has 4 rings (SSSR count). The van der Waals surface area contributed by atoms with Gasteiger partial charge in [0.2, 0.25) is 5.91 Å². The molecule has 134 valence electrons. The van der Waals surface area contributed by atoms with Crippen molar-refractivity contribution >= 4 is 51.1 Å².